The Bertz CT molecular complexity index is 557. The van der Waals surface area contributed by atoms with E-state index in [1.165, 1.54) is 0 Å². The van der Waals surface area contributed by atoms with E-state index in [0.29, 0.717) is 0 Å². The smallest absolute Gasteiger partial charge is 0.161 e. The van der Waals surface area contributed by atoms with E-state index in [4.69, 9.17) is 18.4 Å². The van der Waals surface area contributed by atoms with Crippen molar-refractivity contribution >= 4 is 0 Å². The minimum atomic E-state index is -3.20. The zero-order valence-corrected chi connectivity index (χ0v) is 6.50. The molecule has 0 fully saturated rings. The first-order valence-electron chi connectivity index (χ1n) is 8.28. The summed E-state index contributed by atoms with van der Waals surface area (Å²) in [5.41, 5.74) is -0.397. The molecule has 1 N–H and O–H groups in total. The summed E-state index contributed by atoms with van der Waals surface area (Å²) < 4.78 is 80.7. The lowest BCUT2D eigenvalue weighted by Crippen LogP contribution is -1.96. The van der Waals surface area contributed by atoms with Gasteiger partial charge in [-0.15, -0.1) is 0 Å². The normalized spacial score (nSPS) is 25.3. The average Bonchev–Trinajstić information content (AvgIpc) is 2.26. The number of rotatable bonds is 4. The minimum absolute atomic E-state index is 0.397. The zero-order valence-electron chi connectivity index (χ0n) is 16.5. The topological polar surface area (TPSA) is 38.7 Å². The summed E-state index contributed by atoms with van der Waals surface area (Å²) >= 11 is 0. The molecule has 0 spiro atoms. The molecule has 1 rings (SSSR count). The van der Waals surface area contributed by atoms with Gasteiger partial charge in [-0.05, 0) is 24.5 Å². The standard InChI is InChI=1S/C10H14O3/c1-3-13-10-6-8(7-11)4-5-9(10)12-2/h4-6,11H,3,7H2,1-2H3/i1D3,2D3,3D2,7D2. The molecule has 0 aliphatic heterocycles. The predicted molar refractivity (Wildman–Crippen MR) is 50.1 cm³/mol. The van der Waals surface area contributed by atoms with Gasteiger partial charge in [0.25, 0.3) is 0 Å². The molecule has 1 aromatic carbocycles. The van der Waals surface area contributed by atoms with Gasteiger partial charge >= 0.3 is 0 Å². The van der Waals surface area contributed by atoms with Gasteiger partial charge in [-0.3, -0.25) is 0 Å². The SMILES string of the molecule is [2H]C([2H])([2H])Oc1ccc(C([2H])([2H])O)cc1OC([2H])([2H])C([2H])([2H])[2H]. The molecule has 0 unspecified atom stereocenters. The summed E-state index contributed by atoms with van der Waals surface area (Å²) in [7, 11) is -2.93. The van der Waals surface area contributed by atoms with Crippen molar-refractivity contribution in [2.75, 3.05) is 13.6 Å². The molecule has 0 saturated heterocycles. The molecule has 0 heterocycles. The van der Waals surface area contributed by atoms with E-state index in [1.54, 1.807) is 0 Å². The summed E-state index contributed by atoms with van der Waals surface area (Å²) in [5.74, 6) is -1.19. The van der Waals surface area contributed by atoms with Crippen LogP contribution in [-0.2, 0) is 6.56 Å². The first-order valence-corrected chi connectivity index (χ1v) is 3.28. The molecule has 0 aromatic heterocycles. The van der Waals surface area contributed by atoms with Crippen LogP contribution in [0.15, 0.2) is 18.2 Å². The molecular formula is C10H14O3. The van der Waals surface area contributed by atoms with Crippen LogP contribution in [0.2, 0.25) is 0 Å². The molecule has 0 atom stereocenters. The van der Waals surface area contributed by atoms with Crippen LogP contribution in [0, 0.1) is 0 Å². The first-order chi connectivity index (χ1) is 10.0. The molecule has 0 radical (unpaired) electrons. The van der Waals surface area contributed by atoms with Crippen molar-refractivity contribution in [3.8, 4) is 11.5 Å². The highest BCUT2D eigenvalue weighted by Crippen LogP contribution is 2.27. The highest BCUT2D eigenvalue weighted by atomic mass is 16.5. The number of hydrogen-bond acceptors (Lipinski definition) is 3. The van der Waals surface area contributed by atoms with Crippen LogP contribution in [0.4, 0.5) is 0 Å². The number of aliphatic hydroxyl groups is 1. The van der Waals surface area contributed by atoms with Crippen molar-refractivity contribution in [2.45, 2.75) is 13.4 Å². The molecule has 0 saturated carbocycles. The van der Waals surface area contributed by atoms with Gasteiger partial charge in [-0.1, -0.05) is 6.07 Å². The highest BCUT2D eigenvalue weighted by Gasteiger charge is 2.03. The lowest BCUT2D eigenvalue weighted by atomic mass is 10.2. The Hall–Kier alpha value is -1.22. The second-order valence-corrected chi connectivity index (χ2v) is 2.08. The third kappa shape index (κ3) is 2.36. The largest absolute Gasteiger partial charge is 0.493 e. The highest BCUT2D eigenvalue weighted by molar-refractivity contribution is 5.42. The van der Waals surface area contributed by atoms with E-state index in [0.717, 1.165) is 18.2 Å². The Morgan fingerprint density at radius 1 is 1.54 bits per heavy atom. The van der Waals surface area contributed by atoms with Gasteiger partial charge in [0.1, 0.15) is 0 Å². The van der Waals surface area contributed by atoms with Gasteiger partial charge in [0, 0.05) is 4.11 Å². The van der Waals surface area contributed by atoms with E-state index >= 15 is 0 Å². The fourth-order valence-electron chi connectivity index (χ4n) is 0.797. The fourth-order valence-corrected chi connectivity index (χ4v) is 0.797. The van der Waals surface area contributed by atoms with Gasteiger partial charge in [-0.25, -0.2) is 0 Å². The third-order valence-corrected chi connectivity index (χ3v) is 1.34. The maximum atomic E-state index is 9.32. The number of methoxy groups -OCH3 is 1. The average molecular weight is 192 g/mol. The number of ether oxygens (including phenoxy) is 2. The van der Waals surface area contributed by atoms with E-state index in [9.17, 15) is 5.11 Å². The Morgan fingerprint density at radius 2 is 2.46 bits per heavy atom. The fraction of sp³-hybridized carbons (Fsp3) is 0.400. The molecule has 1 aromatic rings. The van der Waals surface area contributed by atoms with Gasteiger partial charge in [0.15, 0.2) is 11.5 Å². The van der Waals surface area contributed by atoms with E-state index in [-0.39, 0.29) is 0 Å². The number of benzene rings is 1. The van der Waals surface area contributed by atoms with Crippen molar-refractivity contribution in [1.29, 1.82) is 0 Å². The molecule has 13 heavy (non-hydrogen) atoms. The molecule has 0 amide bonds. The summed E-state index contributed by atoms with van der Waals surface area (Å²) in [6.45, 7) is -9.22. The monoisotopic (exact) mass is 192 g/mol. The van der Waals surface area contributed by atoms with Crippen LogP contribution in [0.1, 0.15) is 26.1 Å². The molecule has 3 nitrogen and oxygen atoms in total. The van der Waals surface area contributed by atoms with E-state index in [1.807, 2.05) is 0 Å². The van der Waals surface area contributed by atoms with Gasteiger partial charge in [0.2, 0.25) is 0 Å². The summed E-state index contributed by atoms with van der Waals surface area (Å²) in [6, 6.07) is 2.70. The molecular weight excluding hydrogens is 168 g/mol. The lowest BCUT2D eigenvalue weighted by molar-refractivity contribution is 0.278. The lowest BCUT2D eigenvalue weighted by Gasteiger charge is -2.09. The number of hydrogen-bond donors (Lipinski definition) is 1. The first kappa shape index (κ1) is 2.89. The third-order valence-electron chi connectivity index (χ3n) is 1.34. The molecule has 0 aliphatic rings. The van der Waals surface area contributed by atoms with Crippen molar-refractivity contribution in [2.24, 2.45) is 0 Å². The van der Waals surface area contributed by atoms with Crippen LogP contribution in [0.25, 0.3) is 0 Å². The Labute approximate surface area is 92.0 Å². The van der Waals surface area contributed by atoms with Gasteiger partial charge in [0.05, 0.1) is 29.8 Å². The second-order valence-electron chi connectivity index (χ2n) is 2.08. The van der Waals surface area contributed by atoms with Crippen LogP contribution in [0.3, 0.4) is 0 Å². The van der Waals surface area contributed by atoms with Crippen LogP contribution < -0.4 is 9.47 Å². The molecule has 0 aliphatic carbocycles. The predicted octanol–water partition coefficient (Wildman–Crippen LogP) is 1.59. The molecule has 3 heteroatoms. The molecule has 72 valence electrons. The Balaban J connectivity index is 3.34. The maximum Gasteiger partial charge on any atom is 0.161 e. The summed E-state index contributed by atoms with van der Waals surface area (Å²) in [4.78, 5) is 0. The second kappa shape index (κ2) is 4.72. The van der Waals surface area contributed by atoms with Gasteiger partial charge < -0.3 is 14.6 Å². The summed E-state index contributed by atoms with van der Waals surface area (Å²) in [5, 5.41) is 9.32. The zero-order chi connectivity index (χ0) is 18.3. The van der Waals surface area contributed by atoms with Crippen molar-refractivity contribution in [3.63, 3.8) is 0 Å². The Kier molecular flexibility index (Phi) is 1.05. The van der Waals surface area contributed by atoms with Crippen molar-refractivity contribution < 1.29 is 28.3 Å². The van der Waals surface area contributed by atoms with Crippen molar-refractivity contribution in [1.82, 2.24) is 0 Å². The quantitative estimate of drug-likeness (QED) is 0.787. The van der Waals surface area contributed by atoms with Gasteiger partial charge in [-0.2, -0.15) is 0 Å². The van der Waals surface area contributed by atoms with Crippen LogP contribution in [-0.4, -0.2) is 18.7 Å². The van der Waals surface area contributed by atoms with E-state index in [2.05, 4.69) is 4.74 Å². The van der Waals surface area contributed by atoms with Crippen molar-refractivity contribution in [3.05, 3.63) is 23.8 Å². The Morgan fingerprint density at radius 3 is 3.15 bits per heavy atom. The summed E-state index contributed by atoms with van der Waals surface area (Å²) in [6.07, 6.45) is 0. The molecule has 0 bridgehead atoms. The minimum Gasteiger partial charge on any atom is -0.493 e. The van der Waals surface area contributed by atoms with Crippen LogP contribution >= 0.6 is 0 Å². The van der Waals surface area contributed by atoms with E-state index < -0.39 is 44.1 Å². The maximum absolute atomic E-state index is 9.32. The van der Waals surface area contributed by atoms with Crippen LogP contribution in [0.5, 0.6) is 11.5 Å².